The lowest BCUT2D eigenvalue weighted by molar-refractivity contribution is -0.132. The zero-order chi connectivity index (χ0) is 21.1. The van der Waals surface area contributed by atoms with Gasteiger partial charge in [0.25, 0.3) is 5.91 Å². The molecule has 4 N–H and O–H groups in total. The van der Waals surface area contributed by atoms with Crippen LogP contribution in [0.1, 0.15) is 20.7 Å². The molecule has 1 aliphatic rings. The van der Waals surface area contributed by atoms with E-state index in [1.807, 2.05) is 0 Å². The minimum Gasteiger partial charge on any atom is -0.505 e. The van der Waals surface area contributed by atoms with Gasteiger partial charge in [0.2, 0.25) is 0 Å². The summed E-state index contributed by atoms with van der Waals surface area (Å²) >= 11 is 5.80. The SMILES string of the molecule is N=C1C(C(=O)O)=C(O)C(=CC(=O)c2ccc(Cl)cc2)N1NC(=O)c1ccccc1. The van der Waals surface area contributed by atoms with E-state index in [4.69, 9.17) is 17.0 Å². The van der Waals surface area contributed by atoms with Gasteiger partial charge in [-0.15, -0.1) is 0 Å². The van der Waals surface area contributed by atoms with Crippen LogP contribution >= 0.6 is 11.6 Å². The zero-order valence-corrected chi connectivity index (χ0v) is 15.5. The van der Waals surface area contributed by atoms with E-state index in [0.717, 1.165) is 11.1 Å². The van der Waals surface area contributed by atoms with Crippen LogP contribution in [0.15, 0.2) is 77.7 Å². The van der Waals surface area contributed by atoms with Crippen LogP contribution in [-0.2, 0) is 4.79 Å². The average molecular weight is 412 g/mol. The molecule has 1 amide bonds. The fourth-order valence-electron chi connectivity index (χ4n) is 2.61. The largest absolute Gasteiger partial charge is 0.505 e. The first-order valence-electron chi connectivity index (χ1n) is 8.23. The third kappa shape index (κ3) is 4.02. The Bertz CT molecular complexity index is 1080. The van der Waals surface area contributed by atoms with E-state index in [2.05, 4.69) is 5.43 Å². The van der Waals surface area contributed by atoms with E-state index >= 15 is 0 Å². The van der Waals surface area contributed by atoms with E-state index in [-0.39, 0.29) is 16.8 Å². The molecule has 2 aromatic carbocycles. The minimum atomic E-state index is -1.58. The van der Waals surface area contributed by atoms with E-state index < -0.39 is 34.8 Å². The number of halogens is 1. The summed E-state index contributed by atoms with van der Waals surface area (Å²) in [5.74, 6) is -4.30. The molecule has 0 bridgehead atoms. The molecule has 8 nitrogen and oxygen atoms in total. The second-order valence-corrected chi connectivity index (χ2v) is 6.36. The van der Waals surface area contributed by atoms with Crippen molar-refractivity contribution < 1.29 is 24.6 Å². The third-order valence-electron chi connectivity index (χ3n) is 4.04. The monoisotopic (exact) mass is 411 g/mol. The molecule has 0 saturated heterocycles. The molecular formula is C20H14ClN3O5. The van der Waals surface area contributed by atoms with Crippen molar-refractivity contribution in [3.63, 3.8) is 0 Å². The first-order valence-corrected chi connectivity index (χ1v) is 8.61. The van der Waals surface area contributed by atoms with Gasteiger partial charge >= 0.3 is 5.97 Å². The van der Waals surface area contributed by atoms with Crippen molar-refractivity contribution in [1.29, 1.82) is 5.41 Å². The summed E-state index contributed by atoms with van der Waals surface area (Å²) < 4.78 is 0. The van der Waals surface area contributed by atoms with E-state index in [0.29, 0.717) is 5.02 Å². The first kappa shape index (κ1) is 19.8. The number of ketones is 1. The van der Waals surface area contributed by atoms with Crippen molar-refractivity contribution in [1.82, 2.24) is 10.4 Å². The lowest BCUT2D eigenvalue weighted by Gasteiger charge is -2.21. The zero-order valence-electron chi connectivity index (χ0n) is 14.7. The Labute approximate surface area is 169 Å². The number of carbonyl (C=O) groups is 3. The van der Waals surface area contributed by atoms with E-state index in [9.17, 15) is 24.6 Å². The summed E-state index contributed by atoms with van der Waals surface area (Å²) in [6.07, 6.45) is 0.939. The smallest absolute Gasteiger partial charge is 0.343 e. The second kappa shape index (κ2) is 7.99. The van der Waals surface area contributed by atoms with Gasteiger partial charge in [-0.3, -0.25) is 20.4 Å². The average Bonchev–Trinajstić information content (AvgIpc) is 2.93. The summed E-state index contributed by atoms with van der Waals surface area (Å²) in [6.45, 7) is 0. The minimum absolute atomic E-state index is 0.222. The number of allylic oxidation sites excluding steroid dienone is 1. The van der Waals surface area contributed by atoms with Gasteiger partial charge in [-0.1, -0.05) is 29.8 Å². The second-order valence-electron chi connectivity index (χ2n) is 5.92. The van der Waals surface area contributed by atoms with Gasteiger partial charge in [-0.2, -0.15) is 0 Å². The number of aliphatic carboxylic acids is 1. The van der Waals surface area contributed by atoms with Crippen molar-refractivity contribution >= 4 is 35.1 Å². The van der Waals surface area contributed by atoms with Crippen LogP contribution in [0.25, 0.3) is 0 Å². The Kier molecular flexibility index (Phi) is 5.47. The van der Waals surface area contributed by atoms with Crippen LogP contribution in [0.4, 0.5) is 0 Å². The molecule has 29 heavy (non-hydrogen) atoms. The standard InChI is InChI=1S/C20H14ClN3O5/c21-13-8-6-11(7-9-13)15(25)10-14-17(26)16(20(28)29)18(22)24(14)23-19(27)12-4-2-1-3-5-12/h1-10,22,26H,(H,23,27)(H,28,29). The van der Waals surface area contributed by atoms with Gasteiger partial charge in [-0.25, -0.2) is 9.80 Å². The van der Waals surface area contributed by atoms with Crippen LogP contribution in [-0.4, -0.2) is 38.7 Å². The van der Waals surface area contributed by atoms with Crippen LogP contribution in [0, 0.1) is 5.41 Å². The molecule has 3 rings (SSSR count). The Morgan fingerprint density at radius 2 is 1.62 bits per heavy atom. The highest BCUT2D eigenvalue weighted by Gasteiger charge is 2.38. The molecule has 0 spiro atoms. The van der Waals surface area contributed by atoms with Gasteiger partial charge in [0.15, 0.2) is 17.4 Å². The molecule has 0 saturated carbocycles. The van der Waals surface area contributed by atoms with Crippen molar-refractivity contribution in [2.45, 2.75) is 0 Å². The fourth-order valence-corrected chi connectivity index (χ4v) is 2.73. The molecule has 146 valence electrons. The Morgan fingerprint density at radius 3 is 2.21 bits per heavy atom. The fraction of sp³-hybridized carbons (Fsp3) is 0. The van der Waals surface area contributed by atoms with Crippen LogP contribution < -0.4 is 5.43 Å². The number of amidine groups is 1. The van der Waals surface area contributed by atoms with Gasteiger partial charge in [-0.05, 0) is 36.4 Å². The van der Waals surface area contributed by atoms with Crippen molar-refractivity contribution in [2.75, 3.05) is 0 Å². The summed E-state index contributed by atoms with van der Waals surface area (Å²) in [6, 6.07) is 13.9. The number of nitrogens with zero attached hydrogens (tertiary/aromatic N) is 1. The Balaban J connectivity index is 1.98. The van der Waals surface area contributed by atoms with Crippen molar-refractivity contribution in [3.05, 3.63) is 93.9 Å². The summed E-state index contributed by atoms with van der Waals surface area (Å²) in [4.78, 5) is 36.4. The molecular weight excluding hydrogens is 398 g/mol. The predicted octanol–water partition coefficient (Wildman–Crippen LogP) is 2.94. The van der Waals surface area contributed by atoms with Gasteiger partial charge in [0.05, 0.1) is 0 Å². The highest BCUT2D eigenvalue weighted by molar-refractivity contribution is 6.30. The van der Waals surface area contributed by atoms with Crippen LogP contribution in [0.5, 0.6) is 0 Å². The number of amides is 1. The van der Waals surface area contributed by atoms with Gasteiger partial charge in [0.1, 0.15) is 11.3 Å². The number of carboxylic acids is 1. The maximum atomic E-state index is 12.5. The van der Waals surface area contributed by atoms with Crippen molar-refractivity contribution in [2.24, 2.45) is 0 Å². The maximum absolute atomic E-state index is 12.5. The van der Waals surface area contributed by atoms with Crippen molar-refractivity contribution in [3.8, 4) is 0 Å². The molecule has 0 fully saturated rings. The number of benzene rings is 2. The number of rotatable bonds is 5. The first-order chi connectivity index (χ1) is 13.8. The molecule has 1 aliphatic heterocycles. The Morgan fingerprint density at radius 1 is 1.00 bits per heavy atom. The predicted molar refractivity (Wildman–Crippen MR) is 105 cm³/mol. The van der Waals surface area contributed by atoms with Crippen LogP contribution in [0.2, 0.25) is 5.02 Å². The highest BCUT2D eigenvalue weighted by atomic mass is 35.5. The quantitative estimate of drug-likeness (QED) is 0.442. The van der Waals surface area contributed by atoms with E-state index in [1.54, 1.807) is 18.2 Å². The molecule has 0 aromatic heterocycles. The number of hydrogen-bond donors (Lipinski definition) is 4. The summed E-state index contributed by atoms with van der Waals surface area (Å²) in [5, 5.41) is 28.8. The topological polar surface area (TPSA) is 131 Å². The molecule has 0 radical (unpaired) electrons. The molecule has 2 aromatic rings. The molecule has 1 heterocycles. The molecule has 0 atom stereocenters. The van der Waals surface area contributed by atoms with Gasteiger partial charge < -0.3 is 10.2 Å². The number of aliphatic hydroxyl groups is 1. The normalized spacial score (nSPS) is 15.0. The number of aliphatic hydroxyl groups excluding tert-OH is 1. The van der Waals surface area contributed by atoms with E-state index in [1.165, 1.54) is 36.4 Å². The number of carboxylic acid groups (broad SMARTS) is 1. The number of hydrazine groups is 1. The Hall–Kier alpha value is -3.91. The van der Waals surface area contributed by atoms with Gasteiger partial charge in [0, 0.05) is 22.2 Å². The lowest BCUT2D eigenvalue weighted by Crippen LogP contribution is -2.43. The number of carbonyl (C=O) groups excluding carboxylic acids is 2. The number of hydrogen-bond acceptors (Lipinski definition) is 5. The molecule has 9 heteroatoms. The lowest BCUT2D eigenvalue weighted by atomic mass is 10.1. The molecule has 0 aliphatic carbocycles. The maximum Gasteiger partial charge on any atom is 0.343 e. The van der Waals surface area contributed by atoms with Crippen LogP contribution in [0.3, 0.4) is 0 Å². The third-order valence-corrected chi connectivity index (χ3v) is 4.29. The summed E-state index contributed by atoms with van der Waals surface area (Å²) in [5.41, 5.74) is 1.73. The number of nitrogens with one attached hydrogen (secondary N) is 2. The molecule has 0 unspecified atom stereocenters. The summed E-state index contributed by atoms with van der Waals surface area (Å²) in [7, 11) is 0. The highest BCUT2D eigenvalue weighted by Crippen LogP contribution is 2.27.